The number of carboxylic acids is 1. The normalized spacial score (nSPS) is 27.4. The van der Waals surface area contributed by atoms with E-state index in [1.54, 1.807) is 7.11 Å². The van der Waals surface area contributed by atoms with E-state index in [0.717, 1.165) is 38.8 Å². The van der Waals surface area contributed by atoms with Crippen molar-refractivity contribution in [3.8, 4) is 0 Å². The number of methoxy groups -OCH3 is 1. The van der Waals surface area contributed by atoms with Gasteiger partial charge in [0.25, 0.3) is 0 Å². The standard InChI is InChI=1S/C14H24N2O4/c1-20-12-5-3-7-16(10-12)14(19)15-6-2-4-11(9-15)8-13(17)18/h11-12H,2-10H2,1H3,(H,17,18). The molecule has 1 N–H and O–H groups in total. The number of amides is 2. The van der Waals surface area contributed by atoms with E-state index < -0.39 is 5.97 Å². The lowest BCUT2D eigenvalue weighted by Crippen LogP contribution is -2.51. The Morgan fingerprint density at radius 3 is 2.45 bits per heavy atom. The van der Waals surface area contributed by atoms with E-state index >= 15 is 0 Å². The molecule has 2 unspecified atom stereocenters. The van der Waals surface area contributed by atoms with E-state index in [9.17, 15) is 9.59 Å². The predicted octanol–water partition coefficient (Wildman–Crippen LogP) is 1.40. The Hall–Kier alpha value is -1.30. The minimum absolute atomic E-state index is 0.0434. The zero-order valence-electron chi connectivity index (χ0n) is 12.1. The van der Waals surface area contributed by atoms with E-state index in [-0.39, 0.29) is 24.5 Å². The lowest BCUT2D eigenvalue weighted by molar-refractivity contribution is -0.138. The molecule has 2 amide bonds. The number of urea groups is 1. The summed E-state index contributed by atoms with van der Waals surface area (Å²) in [5.74, 6) is -0.685. The van der Waals surface area contributed by atoms with Gasteiger partial charge in [0, 0.05) is 39.7 Å². The third kappa shape index (κ3) is 3.85. The quantitative estimate of drug-likeness (QED) is 0.850. The Morgan fingerprint density at radius 1 is 1.15 bits per heavy atom. The minimum atomic E-state index is -0.776. The van der Waals surface area contributed by atoms with Gasteiger partial charge in [-0.3, -0.25) is 4.79 Å². The second-order valence-electron chi connectivity index (χ2n) is 5.78. The fraction of sp³-hybridized carbons (Fsp3) is 0.857. The van der Waals surface area contributed by atoms with Gasteiger partial charge in [0.15, 0.2) is 0 Å². The van der Waals surface area contributed by atoms with E-state index in [1.807, 2.05) is 9.80 Å². The monoisotopic (exact) mass is 284 g/mol. The molecule has 0 aliphatic carbocycles. The molecule has 114 valence electrons. The number of likely N-dealkylation sites (tertiary alicyclic amines) is 2. The summed E-state index contributed by atoms with van der Waals surface area (Å²) in [4.78, 5) is 27.0. The summed E-state index contributed by atoms with van der Waals surface area (Å²) in [6.07, 6.45) is 4.05. The van der Waals surface area contributed by atoms with Crippen LogP contribution in [-0.2, 0) is 9.53 Å². The topological polar surface area (TPSA) is 70.1 Å². The van der Waals surface area contributed by atoms with Gasteiger partial charge >= 0.3 is 12.0 Å². The van der Waals surface area contributed by atoms with Gasteiger partial charge in [-0.1, -0.05) is 0 Å². The molecule has 2 atom stereocenters. The summed E-state index contributed by atoms with van der Waals surface area (Å²) in [6, 6.07) is 0.0434. The van der Waals surface area contributed by atoms with Crippen molar-refractivity contribution >= 4 is 12.0 Å². The molecular formula is C14H24N2O4. The van der Waals surface area contributed by atoms with Gasteiger partial charge in [0.1, 0.15) is 0 Å². The van der Waals surface area contributed by atoms with Crippen LogP contribution in [0.25, 0.3) is 0 Å². The van der Waals surface area contributed by atoms with Crippen LogP contribution in [0.2, 0.25) is 0 Å². The second kappa shape index (κ2) is 6.92. The highest BCUT2D eigenvalue weighted by atomic mass is 16.5. The van der Waals surface area contributed by atoms with Gasteiger partial charge in [0.05, 0.1) is 6.10 Å². The minimum Gasteiger partial charge on any atom is -0.481 e. The first kappa shape index (κ1) is 15.1. The van der Waals surface area contributed by atoms with Gasteiger partial charge in [0.2, 0.25) is 0 Å². The van der Waals surface area contributed by atoms with Crippen LogP contribution in [0, 0.1) is 5.92 Å². The van der Waals surface area contributed by atoms with Crippen molar-refractivity contribution in [2.75, 3.05) is 33.3 Å². The average Bonchev–Trinajstić information content (AvgIpc) is 2.46. The summed E-state index contributed by atoms with van der Waals surface area (Å²) in [5, 5.41) is 8.88. The van der Waals surface area contributed by atoms with Crippen molar-refractivity contribution in [2.45, 2.75) is 38.2 Å². The molecule has 0 aromatic heterocycles. The van der Waals surface area contributed by atoms with Crippen LogP contribution in [0.1, 0.15) is 32.1 Å². The van der Waals surface area contributed by atoms with Crippen LogP contribution in [0.15, 0.2) is 0 Å². The van der Waals surface area contributed by atoms with Crippen LogP contribution in [0.3, 0.4) is 0 Å². The largest absolute Gasteiger partial charge is 0.481 e. The highest BCUT2D eigenvalue weighted by Gasteiger charge is 2.30. The number of carbonyl (C=O) groups excluding carboxylic acids is 1. The van der Waals surface area contributed by atoms with E-state index in [0.29, 0.717) is 13.1 Å². The number of hydrogen-bond acceptors (Lipinski definition) is 3. The van der Waals surface area contributed by atoms with Gasteiger partial charge in [-0.15, -0.1) is 0 Å². The number of hydrogen-bond donors (Lipinski definition) is 1. The van der Waals surface area contributed by atoms with Crippen molar-refractivity contribution in [2.24, 2.45) is 5.92 Å². The average molecular weight is 284 g/mol. The van der Waals surface area contributed by atoms with Crippen LogP contribution >= 0.6 is 0 Å². The molecular weight excluding hydrogens is 260 g/mol. The summed E-state index contributed by atoms with van der Waals surface area (Å²) in [5.41, 5.74) is 0. The number of rotatable bonds is 3. The molecule has 6 heteroatoms. The molecule has 6 nitrogen and oxygen atoms in total. The maximum absolute atomic E-state index is 12.5. The number of nitrogens with zero attached hydrogens (tertiary/aromatic N) is 2. The summed E-state index contributed by atoms with van der Waals surface area (Å²) < 4.78 is 5.34. The first-order chi connectivity index (χ1) is 9.60. The molecule has 2 aliphatic heterocycles. The number of piperidine rings is 2. The van der Waals surface area contributed by atoms with Crippen molar-refractivity contribution in [1.82, 2.24) is 9.80 Å². The SMILES string of the molecule is COC1CCCN(C(=O)N2CCCC(CC(=O)O)C2)C1. The van der Waals surface area contributed by atoms with Crippen molar-refractivity contribution in [1.29, 1.82) is 0 Å². The molecule has 0 aromatic carbocycles. The van der Waals surface area contributed by atoms with Crippen LogP contribution in [0.5, 0.6) is 0 Å². The highest BCUT2D eigenvalue weighted by molar-refractivity contribution is 5.75. The Bertz CT molecular complexity index is 361. The predicted molar refractivity (Wildman–Crippen MR) is 73.5 cm³/mol. The third-order valence-corrected chi connectivity index (χ3v) is 4.23. The first-order valence-electron chi connectivity index (χ1n) is 7.38. The molecule has 2 fully saturated rings. The van der Waals surface area contributed by atoms with Gasteiger partial charge < -0.3 is 19.6 Å². The molecule has 2 saturated heterocycles. The zero-order chi connectivity index (χ0) is 14.5. The molecule has 0 spiro atoms. The smallest absolute Gasteiger partial charge is 0.320 e. The summed E-state index contributed by atoms with van der Waals surface area (Å²) in [7, 11) is 1.68. The molecule has 0 bridgehead atoms. The van der Waals surface area contributed by atoms with E-state index in [2.05, 4.69) is 0 Å². The molecule has 20 heavy (non-hydrogen) atoms. The molecule has 0 radical (unpaired) electrons. The molecule has 2 rings (SSSR count). The van der Waals surface area contributed by atoms with Gasteiger partial charge in [-0.2, -0.15) is 0 Å². The number of carbonyl (C=O) groups is 2. The maximum Gasteiger partial charge on any atom is 0.320 e. The lowest BCUT2D eigenvalue weighted by Gasteiger charge is -2.39. The van der Waals surface area contributed by atoms with Crippen molar-refractivity contribution < 1.29 is 19.4 Å². The lowest BCUT2D eigenvalue weighted by atomic mass is 9.95. The van der Waals surface area contributed by atoms with Gasteiger partial charge in [-0.25, -0.2) is 4.79 Å². The molecule has 2 heterocycles. The Balaban J connectivity index is 1.89. The molecule has 0 saturated carbocycles. The fourth-order valence-electron chi connectivity index (χ4n) is 3.16. The van der Waals surface area contributed by atoms with E-state index in [4.69, 9.17) is 9.84 Å². The zero-order valence-corrected chi connectivity index (χ0v) is 12.1. The Morgan fingerprint density at radius 2 is 1.80 bits per heavy atom. The molecule has 2 aliphatic rings. The second-order valence-corrected chi connectivity index (χ2v) is 5.78. The van der Waals surface area contributed by atoms with Gasteiger partial charge in [-0.05, 0) is 31.6 Å². The summed E-state index contributed by atoms with van der Waals surface area (Å²) >= 11 is 0. The highest BCUT2D eigenvalue weighted by Crippen LogP contribution is 2.22. The number of carboxylic acid groups (broad SMARTS) is 1. The van der Waals surface area contributed by atoms with Crippen molar-refractivity contribution in [3.63, 3.8) is 0 Å². The van der Waals surface area contributed by atoms with Crippen LogP contribution in [0.4, 0.5) is 4.79 Å². The van der Waals surface area contributed by atoms with Crippen molar-refractivity contribution in [3.05, 3.63) is 0 Å². The van der Waals surface area contributed by atoms with E-state index in [1.165, 1.54) is 0 Å². The number of aliphatic carboxylic acids is 1. The third-order valence-electron chi connectivity index (χ3n) is 4.23. The van der Waals surface area contributed by atoms with Crippen LogP contribution < -0.4 is 0 Å². The Kier molecular flexibility index (Phi) is 5.23. The fourth-order valence-corrected chi connectivity index (χ4v) is 3.16. The number of ether oxygens (including phenoxy) is 1. The maximum atomic E-state index is 12.5. The Labute approximate surface area is 119 Å². The molecule has 0 aromatic rings. The van der Waals surface area contributed by atoms with Crippen LogP contribution in [-0.4, -0.2) is 66.3 Å². The first-order valence-corrected chi connectivity index (χ1v) is 7.38. The summed E-state index contributed by atoms with van der Waals surface area (Å²) in [6.45, 7) is 2.73.